The van der Waals surface area contributed by atoms with Crippen molar-refractivity contribution >= 4 is 0 Å². The Hall–Kier alpha value is -1.33. The molecule has 1 aliphatic carbocycles. The number of hydrogen-bond donors (Lipinski definition) is 1. The van der Waals surface area contributed by atoms with Crippen molar-refractivity contribution in [3.05, 3.63) is 28.2 Å². The highest BCUT2D eigenvalue weighted by Crippen LogP contribution is 2.28. The van der Waals surface area contributed by atoms with Crippen molar-refractivity contribution < 1.29 is 9.47 Å². The lowest BCUT2D eigenvalue weighted by Gasteiger charge is -2.33. The highest BCUT2D eigenvalue weighted by atomic mass is 16.5. The summed E-state index contributed by atoms with van der Waals surface area (Å²) < 4.78 is 10.8. The molecule has 0 amide bonds. The fraction of sp³-hybridized carbons (Fsp3) is 0.706. The summed E-state index contributed by atoms with van der Waals surface area (Å²) in [6, 6.07) is 1.65. The van der Waals surface area contributed by atoms with E-state index in [0.717, 1.165) is 44.3 Å². The van der Waals surface area contributed by atoms with Crippen LogP contribution in [0, 0.1) is 5.92 Å². The Balaban J connectivity index is 1.64. The van der Waals surface area contributed by atoms with Crippen LogP contribution in [0.15, 0.2) is 17.1 Å². The first-order chi connectivity index (χ1) is 10.7. The van der Waals surface area contributed by atoms with Crippen molar-refractivity contribution in [1.29, 1.82) is 0 Å². The van der Waals surface area contributed by atoms with Crippen LogP contribution < -0.4 is 10.2 Å². The van der Waals surface area contributed by atoms with E-state index in [2.05, 4.69) is 9.88 Å². The van der Waals surface area contributed by atoms with E-state index >= 15 is 0 Å². The Morgan fingerprint density at radius 1 is 1.32 bits per heavy atom. The van der Waals surface area contributed by atoms with Crippen LogP contribution in [0.25, 0.3) is 0 Å². The van der Waals surface area contributed by atoms with Gasteiger partial charge in [-0.05, 0) is 31.6 Å². The van der Waals surface area contributed by atoms with Crippen molar-refractivity contribution in [1.82, 2.24) is 9.88 Å². The molecule has 1 saturated carbocycles. The normalized spacial score (nSPS) is 22.0. The average Bonchev–Trinajstić information content (AvgIpc) is 2.96. The summed E-state index contributed by atoms with van der Waals surface area (Å²) in [4.78, 5) is 17.5. The lowest BCUT2D eigenvalue weighted by atomic mass is 9.85. The van der Waals surface area contributed by atoms with Crippen molar-refractivity contribution in [2.45, 2.75) is 44.8 Å². The van der Waals surface area contributed by atoms with Gasteiger partial charge in [-0.3, -0.25) is 9.69 Å². The number of methoxy groups -OCH3 is 1. The largest absolute Gasteiger partial charge is 0.491 e. The highest BCUT2D eigenvalue weighted by Gasteiger charge is 2.24. The molecule has 1 aliphatic heterocycles. The highest BCUT2D eigenvalue weighted by molar-refractivity contribution is 5.20. The van der Waals surface area contributed by atoms with Gasteiger partial charge in [0, 0.05) is 44.2 Å². The molecule has 122 valence electrons. The molecule has 2 aliphatic rings. The molecule has 0 unspecified atom stereocenters. The minimum absolute atomic E-state index is 0.0584. The first-order valence-corrected chi connectivity index (χ1v) is 8.34. The number of aromatic nitrogens is 1. The zero-order valence-electron chi connectivity index (χ0n) is 13.3. The van der Waals surface area contributed by atoms with Gasteiger partial charge in [0.1, 0.15) is 0 Å². The second kappa shape index (κ2) is 7.29. The Morgan fingerprint density at radius 2 is 2.18 bits per heavy atom. The number of ether oxygens (including phenoxy) is 2. The van der Waals surface area contributed by atoms with E-state index in [9.17, 15) is 4.79 Å². The first kappa shape index (κ1) is 15.6. The SMILES string of the molecule is COc1c[nH]c(CN(CC2CCC2)C[C@@H]2CCCO2)cc1=O. The fourth-order valence-electron chi connectivity index (χ4n) is 3.31. The molecule has 1 aromatic rings. The lowest BCUT2D eigenvalue weighted by Crippen LogP contribution is -2.37. The molecule has 1 atom stereocenters. The van der Waals surface area contributed by atoms with Crippen LogP contribution in [0.3, 0.4) is 0 Å². The smallest absolute Gasteiger partial charge is 0.223 e. The number of rotatable bonds is 7. The zero-order chi connectivity index (χ0) is 15.4. The molecule has 2 fully saturated rings. The molecular formula is C17H26N2O3. The first-order valence-electron chi connectivity index (χ1n) is 8.34. The number of hydrogen-bond acceptors (Lipinski definition) is 4. The van der Waals surface area contributed by atoms with E-state index in [-0.39, 0.29) is 5.43 Å². The number of pyridine rings is 1. The van der Waals surface area contributed by atoms with E-state index in [0.29, 0.717) is 11.9 Å². The van der Waals surface area contributed by atoms with Crippen molar-refractivity contribution in [3.63, 3.8) is 0 Å². The van der Waals surface area contributed by atoms with Crippen molar-refractivity contribution in [2.75, 3.05) is 26.8 Å². The third-order valence-electron chi connectivity index (χ3n) is 4.78. The molecule has 2 heterocycles. The van der Waals surface area contributed by atoms with Crippen LogP contribution in [-0.2, 0) is 11.3 Å². The molecule has 1 N–H and O–H groups in total. The molecule has 0 bridgehead atoms. The van der Waals surface area contributed by atoms with Gasteiger partial charge in [-0.15, -0.1) is 0 Å². The number of H-pyrrole nitrogens is 1. The minimum Gasteiger partial charge on any atom is -0.491 e. The van der Waals surface area contributed by atoms with Crippen molar-refractivity contribution in [3.8, 4) is 5.75 Å². The van der Waals surface area contributed by atoms with Gasteiger partial charge in [0.15, 0.2) is 5.75 Å². The number of aromatic amines is 1. The molecule has 5 heteroatoms. The number of nitrogens with zero attached hydrogens (tertiary/aromatic N) is 1. The topological polar surface area (TPSA) is 54.6 Å². The standard InChI is InChI=1S/C17H26N2O3/c1-21-17-9-18-14(8-16(17)20)11-19(10-13-4-2-5-13)12-15-6-3-7-22-15/h8-9,13,15H,2-7,10-12H2,1H3,(H,18,20)/t15-/m0/s1. The van der Waals surface area contributed by atoms with Crippen LogP contribution in [0.4, 0.5) is 0 Å². The van der Waals surface area contributed by atoms with Crippen LogP contribution in [0.5, 0.6) is 5.75 Å². The zero-order valence-corrected chi connectivity index (χ0v) is 13.3. The molecule has 3 rings (SSSR count). The van der Waals surface area contributed by atoms with Gasteiger partial charge in [-0.25, -0.2) is 0 Å². The maximum atomic E-state index is 11.9. The molecule has 0 aromatic carbocycles. The van der Waals surface area contributed by atoms with Crippen LogP contribution in [0.1, 0.15) is 37.8 Å². The van der Waals surface area contributed by atoms with Gasteiger partial charge in [0.25, 0.3) is 0 Å². The van der Waals surface area contributed by atoms with Crippen LogP contribution in [-0.4, -0.2) is 42.8 Å². The summed E-state index contributed by atoms with van der Waals surface area (Å²) in [7, 11) is 1.52. The molecule has 0 radical (unpaired) electrons. The van der Waals surface area contributed by atoms with E-state index in [1.807, 2.05) is 0 Å². The molecule has 1 aromatic heterocycles. The molecule has 1 saturated heterocycles. The van der Waals surface area contributed by atoms with Gasteiger partial charge in [0.2, 0.25) is 5.43 Å². The summed E-state index contributed by atoms with van der Waals surface area (Å²) >= 11 is 0. The van der Waals surface area contributed by atoms with E-state index in [4.69, 9.17) is 9.47 Å². The Labute approximate surface area is 131 Å². The van der Waals surface area contributed by atoms with Gasteiger partial charge in [-0.1, -0.05) is 6.42 Å². The number of nitrogens with one attached hydrogen (secondary N) is 1. The van der Waals surface area contributed by atoms with Crippen LogP contribution in [0.2, 0.25) is 0 Å². The summed E-state index contributed by atoms with van der Waals surface area (Å²) in [5.74, 6) is 1.18. The molecule has 0 spiro atoms. The van der Waals surface area contributed by atoms with Gasteiger partial charge >= 0.3 is 0 Å². The third-order valence-corrected chi connectivity index (χ3v) is 4.78. The van der Waals surface area contributed by atoms with E-state index in [1.165, 1.54) is 32.8 Å². The van der Waals surface area contributed by atoms with E-state index < -0.39 is 0 Å². The average molecular weight is 306 g/mol. The molecule has 22 heavy (non-hydrogen) atoms. The second-order valence-corrected chi connectivity index (χ2v) is 6.52. The Morgan fingerprint density at radius 3 is 2.77 bits per heavy atom. The maximum absolute atomic E-state index is 11.9. The Bertz CT molecular complexity index is 533. The maximum Gasteiger partial charge on any atom is 0.223 e. The summed E-state index contributed by atoms with van der Waals surface area (Å²) in [5, 5.41) is 0. The van der Waals surface area contributed by atoms with E-state index in [1.54, 1.807) is 12.3 Å². The fourth-order valence-corrected chi connectivity index (χ4v) is 3.31. The minimum atomic E-state index is -0.0584. The lowest BCUT2D eigenvalue weighted by molar-refractivity contribution is 0.0575. The van der Waals surface area contributed by atoms with Gasteiger partial charge < -0.3 is 14.5 Å². The molecular weight excluding hydrogens is 280 g/mol. The summed E-state index contributed by atoms with van der Waals surface area (Å²) in [6.07, 6.45) is 8.36. The second-order valence-electron chi connectivity index (χ2n) is 6.52. The summed E-state index contributed by atoms with van der Waals surface area (Å²) in [5.41, 5.74) is 0.889. The monoisotopic (exact) mass is 306 g/mol. The predicted octanol–water partition coefficient (Wildman–Crippen LogP) is 2.16. The predicted molar refractivity (Wildman–Crippen MR) is 85.2 cm³/mol. The Kier molecular flexibility index (Phi) is 5.16. The van der Waals surface area contributed by atoms with Gasteiger partial charge in [0.05, 0.1) is 13.2 Å². The summed E-state index contributed by atoms with van der Waals surface area (Å²) in [6.45, 7) is 3.73. The van der Waals surface area contributed by atoms with Gasteiger partial charge in [-0.2, -0.15) is 0 Å². The van der Waals surface area contributed by atoms with Crippen LogP contribution >= 0.6 is 0 Å². The molecule has 5 nitrogen and oxygen atoms in total. The third kappa shape index (κ3) is 3.90. The van der Waals surface area contributed by atoms with Crippen molar-refractivity contribution in [2.24, 2.45) is 5.92 Å². The quantitative estimate of drug-likeness (QED) is 0.839.